The first-order valence-corrected chi connectivity index (χ1v) is 5.93. The van der Waals surface area contributed by atoms with E-state index in [1.54, 1.807) is 0 Å². The second kappa shape index (κ2) is 5.08. The van der Waals surface area contributed by atoms with E-state index in [0.717, 1.165) is 32.0 Å². The minimum atomic E-state index is -1.27. The fourth-order valence-corrected chi connectivity index (χ4v) is 2.29. The maximum absolute atomic E-state index is 13.7. The van der Waals surface area contributed by atoms with Crippen molar-refractivity contribution in [2.45, 2.75) is 31.9 Å². The van der Waals surface area contributed by atoms with Gasteiger partial charge in [0.05, 0.1) is 0 Å². The lowest BCUT2D eigenvalue weighted by Gasteiger charge is -2.24. The zero-order valence-electron chi connectivity index (χ0n) is 9.77. The van der Waals surface area contributed by atoms with E-state index in [0.29, 0.717) is 5.56 Å². The number of nitrogens with one attached hydrogen (secondary N) is 1. The molecule has 4 heteroatoms. The number of hydrogen-bond donors (Lipinski definition) is 1. The molecule has 0 saturated carbocycles. The Kier molecular flexibility index (Phi) is 3.72. The Morgan fingerprint density at radius 1 is 1.24 bits per heavy atom. The number of alkyl halides is 1. The third kappa shape index (κ3) is 2.63. The molecule has 0 spiro atoms. The van der Waals surface area contributed by atoms with E-state index in [1.165, 1.54) is 13.0 Å². The van der Waals surface area contributed by atoms with Crippen molar-refractivity contribution in [3.63, 3.8) is 0 Å². The van der Waals surface area contributed by atoms with Crippen LogP contribution in [0.5, 0.6) is 0 Å². The van der Waals surface area contributed by atoms with Gasteiger partial charge in [-0.2, -0.15) is 0 Å². The molecule has 0 aromatic heterocycles. The topological polar surface area (TPSA) is 12.0 Å². The van der Waals surface area contributed by atoms with Crippen LogP contribution in [0.3, 0.4) is 0 Å². The van der Waals surface area contributed by atoms with Crippen molar-refractivity contribution in [1.82, 2.24) is 5.32 Å². The molecule has 0 radical (unpaired) electrons. The van der Waals surface area contributed by atoms with Crippen LogP contribution in [0.4, 0.5) is 13.2 Å². The summed E-state index contributed by atoms with van der Waals surface area (Å²) in [5.41, 5.74) is 0.545. The summed E-state index contributed by atoms with van der Waals surface area (Å²) in [5.74, 6) is -1.77. The van der Waals surface area contributed by atoms with Gasteiger partial charge in [-0.3, -0.25) is 0 Å². The summed E-state index contributed by atoms with van der Waals surface area (Å²) in [7, 11) is 0. The molecule has 0 bridgehead atoms. The molecule has 1 aromatic carbocycles. The first-order valence-electron chi connectivity index (χ1n) is 5.93. The van der Waals surface area contributed by atoms with Crippen molar-refractivity contribution in [1.29, 1.82) is 0 Å². The standard InChI is InChI=1S/C13H16F3N/c1-8(14)10-6-11(13(16)12(15)7-10)9-2-4-17-5-3-9/h6-9,17H,2-5H2,1H3. The second-order valence-corrected chi connectivity index (χ2v) is 4.55. The minimum absolute atomic E-state index is 0.00977. The summed E-state index contributed by atoms with van der Waals surface area (Å²) in [6.45, 7) is 2.92. The summed E-state index contributed by atoms with van der Waals surface area (Å²) in [6.07, 6.45) is 0.256. The van der Waals surface area contributed by atoms with Gasteiger partial charge in [-0.25, -0.2) is 13.2 Å². The lowest BCUT2D eigenvalue weighted by molar-refractivity contribution is 0.368. The van der Waals surface area contributed by atoms with Gasteiger partial charge in [-0.05, 0) is 62.0 Å². The average molecular weight is 243 g/mol. The van der Waals surface area contributed by atoms with Crippen LogP contribution >= 0.6 is 0 Å². The zero-order chi connectivity index (χ0) is 12.4. The van der Waals surface area contributed by atoms with Crippen LogP contribution in [0.2, 0.25) is 0 Å². The van der Waals surface area contributed by atoms with Crippen molar-refractivity contribution in [2.75, 3.05) is 13.1 Å². The maximum atomic E-state index is 13.7. The number of halogens is 3. The van der Waals surface area contributed by atoms with Gasteiger partial charge in [0, 0.05) is 0 Å². The van der Waals surface area contributed by atoms with Gasteiger partial charge in [0.25, 0.3) is 0 Å². The van der Waals surface area contributed by atoms with E-state index in [2.05, 4.69) is 5.32 Å². The molecule has 1 nitrogen and oxygen atoms in total. The molecule has 1 heterocycles. The summed E-state index contributed by atoms with van der Waals surface area (Å²) in [4.78, 5) is 0. The molecule has 1 aliphatic rings. The molecule has 1 fully saturated rings. The fourth-order valence-electron chi connectivity index (χ4n) is 2.29. The van der Waals surface area contributed by atoms with Gasteiger partial charge in [-0.15, -0.1) is 0 Å². The predicted octanol–water partition coefficient (Wildman–Crippen LogP) is 3.46. The molecule has 1 unspecified atom stereocenters. The van der Waals surface area contributed by atoms with E-state index in [9.17, 15) is 13.2 Å². The van der Waals surface area contributed by atoms with E-state index >= 15 is 0 Å². The van der Waals surface area contributed by atoms with E-state index in [4.69, 9.17) is 0 Å². The molecule has 1 saturated heterocycles. The summed E-state index contributed by atoms with van der Waals surface area (Å²) >= 11 is 0. The average Bonchev–Trinajstić information content (AvgIpc) is 2.33. The molecule has 1 atom stereocenters. The van der Waals surface area contributed by atoms with Crippen molar-refractivity contribution in [3.8, 4) is 0 Å². The van der Waals surface area contributed by atoms with Gasteiger partial charge in [0.2, 0.25) is 0 Å². The molecule has 0 amide bonds. The summed E-state index contributed by atoms with van der Waals surface area (Å²) in [5, 5.41) is 3.17. The molecule has 2 rings (SSSR count). The van der Waals surface area contributed by atoms with Crippen LogP contribution < -0.4 is 5.32 Å². The molecule has 94 valence electrons. The Balaban J connectivity index is 2.36. The zero-order valence-corrected chi connectivity index (χ0v) is 9.77. The van der Waals surface area contributed by atoms with Crippen LogP contribution in [-0.4, -0.2) is 13.1 Å². The smallest absolute Gasteiger partial charge is 0.162 e. The Hall–Kier alpha value is -1.03. The molecular weight excluding hydrogens is 227 g/mol. The SMILES string of the molecule is CC(F)c1cc(F)c(F)c(C2CCNCC2)c1. The molecule has 1 aliphatic heterocycles. The highest BCUT2D eigenvalue weighted by atomic mass is 19.2. The second-order valence-electron chi connectivity index (χ2n) is 4.55. The Morgan fingerprint density at radius 3 is 2.47 bits per heavy atom. The van der Waals surface area contributed by atoms with Crippen molar-refractivity contribution < 1.29 is 13.2 Å². The number of hydrogen-bond acceptors (Lipinski definition) is 1. The highest BCUT2D eigenvalue weighted by Crippen LogP contribution is 2.31. The van der Waals surface area contributed by atoms with Crippen molar-refractivity contribution >= 4 is 0 Å². The van der Waals surface area contributed by atoms with Crippen LogP contribution in [0, 0.1) is 11.6 Å². The maximum Gasteiger partial charge on any atom is 0.162 e. The largest absolute Gasteiger partial charge is 0.317 e. The fraction of sp³-hybridized carbons (Fsp3) is 0.538. The summed E-state index contributed by atoms with van der Waals surface area (Å²) in [6, 6.07) is 2.42. The number of piperidine rings is 1. The Morgan fingerprint density at radius 2 is 1.88 bits per heavy atom. The molecule has 1 aromatic rings. The van der Waals surface area contributed by atoms with Crippen molar-refractivity contribution in [3.05, 3.63) is 34.9 Å². The van der Waals surface area contributed by atoms with Gasteiger partial charge in [0.1, 0.15) is 6.17 Å². The third-order valence-electron chi connectivity index (χ3n) is 3.32. The van der Waals surface area contributed by atoms with Crippen LogP contribution in [0.1, 0.15) is 43.0 Å². The van der Waals surface area contributed by atoms with Crippen LogP contribution in [0.15, 0.2) is 12.1 Å². The minimum Gasteiger partial charge on any atom is -0.317 e. The van der Waals surface area contributed by atoms with E-state index in [-0.39, 0.29) is 11.5 Å². The number of rotatable bonds is 2. The quantitative estimate of drug-likeness (QED) is 0.838. The van der Waals surface area contributed by atoms with Gasteiger partial charge >= 0.3 is 0 Å². The Bertz CT molecular complexity index is 398. The lowest BCUT2D eigenvalue weighted by Crippen LogP contribution is -2.27. The number of benzene rings is 1. The first kappa shape index (κ1) is 12.4. The Labute approximate surface area is 99.0 Å². The van der Waals surface area contributed by atoms with E-state index in [1.807, 2.05) is 0 Å². The highest BCUT2D eigenvalue weighted by molar-refractivity contribution is 5.30. The van der Waals surface area contributed by atoms with Crippen LogP contribution in [-0.2, 0) is 0 Å². The highest BCUT2D eigenvalue weighted by Gasteiger charge is 2.22. The van der Waals surface area contributed by atoms with Gasteiger partial charge in [0.15, 0.2) is 11.6 Å². The molecule has 0 aliphatic carbocycles. The molecule has 1 N–H and O–H groups in total. The monoisotopic (exact) mass is 243 g/mol. The third-order valence-corrected chi connectivity index (χ3v) is 3.32. The normalized spacial score (nSPS) is 19.3. The first-order chi connectivity index (χ1) is 8.09. The molecular formula is C13H16F3N. The van der Waals surface area contributed by atoms with Crippen LogP contribution in [0.25, 0.3) is 0 Å². The predicted molar refractivity (Wildman–Crippen MR) is 60.7 cm³/mol. The lowest BCUT2D eigenvalue weighted by atomic mass is 9.88. The molecule has 17 heavy (non-hydrogen) atoms. The van der Waals surface area contributed by atoms with Gasteiger partial charge < -0.3 is 5.32 Å². The van der Waals surface area contributed by atoms with Gasteiger partial charge in [-0.1, -0.05) is 0 Å². The van der Waals surface area contributed by atoms with E-state index < -0.39 is 17.8 Å². The van der Waals surface area contributed by atoms with Crippen molar-refractivity contribution in [2.24, 2.45) is 0 Å². The summed E-state index contributed by atoms with van der Waals surface area (Å²) < 4.78 is 40.3.